The predicted octanol–water partition coefficient (Wildman–Crippen LogP) is 3.35. The van der Waals surface area contributed by atoms with E-state index >= 15 is 0 Å². The Balaban J connectivity index is 1.75. The quantitative estimate of drug-likeness (QED) is 0.829. The van der Waals surface area contributed by atoms with E-state index in [9.17, 15) is 4.79 Å². The van der Waals surface area contributed by atoms with Crippen LogP contribution in [0.1, 0.15) is 33.1 Å². The summed E-state index contributed by atoms with van der Waals surface area (Å²) in [4.78, 5) is 14.5. The molecule has 0 aromatic heterocycles. The Morgan fingerprint density at radius 3 is 2.48 bits per heavy atom. The van der Waals surface area contributed by atoms with Crippen LogP contribution in [0.4, 0.5) is 0 Å². The van der Waals surface area contributed by atoms with E-state index in [-0.39, 0.29) is 12.5 Å². The number of ether oxygens (including phenoxy) is 1. The maximum atomic E-state index is 12.0. The number of nitrogens with one attached hydrogen (secondary N) is 1. The van der Waals surface area contributed by atoms with Crippen LogP contribution in [0.5, 0.6) is 5.75 Å². The van der Waals surface area contributed by atoms with Crippen molar-refractivity contribution >= 4 is 17.5 Å². The monoisotopic (exact) mass is 338 g/mol. The van der Waals surface area contributed by atoms with Crippen LogP contribution in [0.2, 0.25) is 5.02 Å². The minimum absolute atomic E-state index is 0.0342. The molecule has 1 unspecified atom stereocenters. The summed E-state index contributed by atoms with van der Waals surface area (Å²) in [5.74, 6) is 1.09. The van der Waals surface area contributed by atoms with Crippen molar-refractivity contribution in [2.24, 2.45) is 5.92 Å². The summed E-state index contributed by atoms with van der Waals surface area (Å²) in [6.07, 6.45) is 3.84. The topological polar surface area (TPSA) is 41.6 Å². The highest BCUT2D eigenvalue weighted by atomic mass is 35.5. The molecular weight excluding hydrogens is 312 g/mol. The Morgan fingerprint density at radius 1 is 1.22 bits per heavy atom. The van der Waals surface area contributed by atoms with Crippen LogP contribution in [0.25, 0.3) is 0 Å². The number of amides is 1. The van der Waals surface area contributed by atoms with Gasteiger partial charge < -0.3 is 10.1 Å². The lowest BCUT2D eigenvalue weighted by Gasteiger charge is -2.37. The standard InChI is InChI=1S/C18H27ClN2O2/c1-14(2)17(21-10-4-3-5-11-21)12-20-18(22)13-23-16-8-6-15(19)7-9-16/h6-9,14,17H,3-5,10-13H2,1-2H3,(H,20,22). The zero-order valence-electron chi connectivity index (χ0n) is 14.1. The molecule has 1 aromatic rings. The summed E-state index contributed by atoms with van der Waals surface area (Å²) in [5, 5.41) is 3.67. The Morgan fingerprint density at radius 2 is 1.87 bits per heavy atom. The number of hydrogen-bond acceptors (Lipinski definition) is 3. The van der Waals surface area contributed by atoms with E-state index in [4.69, 9.17) is 16.3 Å². The van der Waals surface area contributed by atoms with Crippen LogP contribution in [-0.2, 0) is 4.79 Å². The summed E-state index contributed by atoms with van der Waals surface area (Å²) in [6.45, 7) is 7.43. The number of benzene rings is 1. The molecule has 0 spiro atoms. The van der Waals surface area contributed by atoms with Crippen molar-refractivity contribution in [3.05, 3.63) is 29.3 Å². The number of carbonyl (C=O) groups is 1. The minimum atomic E-state index is -0.0809. The molecule has 1 heterocycles. The molecule has 5 heteroatoms. The molecule has 1 saturated heterocycles. The summed E-state index contributed by atoms with van der Waals surface area (Å²) in [7, 11) is 0. The Bertz CT molecular complexity index is 484. The van der Waals surface area contributed by atoms with Crippen LogP contribution < -0.4 is 10.1 Å². The van der Waals surface area contributed by atoms with E-state index in [0.29, 0.717) is 29.3 Å². The van der Waals surface area contributed by atoms with Gasteiger partial charge in [-0.1, -0.05) is 31.9 Å². The lowest BCUT2D eigenvalue weighted by molar-refractivity contribution is -0.123. The van der Waals surface area contributed by atoms with Gasteiger partial charge in [0.15, 0.2) is 6.61 Å². The van der Waals surface area contributed by atoms with Gasteiger partial charge in [-0.3, -0.25) is 9.69 Å². The highest BCUT2D eigenvalue weighted by Crippen LogP contribution is 2.17. The lowest BCUT2D eigenvalue weighted by Crippen LogP contribution is -2.49. The molecule has 2 rings (SSSR count). The zero-order chi connectivity index (χ0) is 16.7. The Kier molecular flexibility index (Phi) is 7.18. The molecule has 1 aliphatic rings. The summed E-state index contributed by atoms with van der Waals surface area (Å²) < 4.78 is 5.48. The van der Waals surface area contributed by atoms with Crippen LogP contribution >= 0.6 is 11.6 Å². The average molecular weight is 339 g/mol. The van der Waals surface area contributed by atoms with Gasteiger partial charge in [-0.15, -0.1) is 0 Å². The Hall–Kier alpha value is -1.26. The molecule has 0 bridgehead atoms. The summed E-state index contributed by atoms with van der Waals surface area (Å²) >= 11 is 5.82. The number of carbonyl (C=O) groups excluding carboxylic acids is 1. The molecular formula is C18H27ClN2O2. The molecule has 1 fully saturated rings. The first-order valence-electron chi connectivity index (χ1n) is 8.45. The van der Waals surface area contributed by atoms with Gasteiger partial charge in [0.2, 0.25) is 0 Å². The van der Waals surface area contributed by atoms with Crippen LogP contribution in [0, 0.1) is 5.92 Å². The van der Waals surface area contributed by atoms with Gasteiger partial charge in [0.1, 0.15) is 5.75 Å². The number of hydrogen-bond donors (Lipinski definition) is 1. The molecule has 1 N–H and O–H groups in total. The second-order valence-electron chi connectivity index (χ2n) is 6.45. The first-order chi connectivity index (χ1) is 11.1. The van der Waals surface area contributed by atoms with E-state index < -0.39 is 0 Å². The molecule has 0 aliphatic carbocycles. The second-order valence-corrected chi connectivity index (χ2v) is 6.89. The van der Waals surface area contributed by atoms with Crippen molar-refractivity contribution in [2.75, 3.05) is 26.2 Å². The summed E-state index contributed by atoms with van der Waals surface area (Å²) in [5.41, 5.74) is 0. The van der Waals surface area contributed by atoms with E-state index in [1.807, 2.05) is 0 Å². The van der Waals surface area contributed by atoms with E-state index in [2.05, 4.69) is 24.1 Å². The number of rotatable bonds is 7. The molecule has 0 radical (unpaired) electrons. The third-order valence-electron chi connectivity index (χ3n) is 4.32. The zero-order valence-corrected chi connectivity index (χ0v) is 14.8. The van der Waals surface area contributed by atoms with E-state index in [1.54, 1.807) is 24.3 Å². The third kappa shape index (κ3) is 6.04. The number of likely N-dealkylation sites (tertiary alicyclic amines) is 1. The molecule has 1 aliphatic heterocycles. The van der Waals surface area contributed by atoms with Gasteiger partial charge in [0, 0.05) is 17.6 Å². The maximum Gasteiger partial charge on any atom is 0.257 e. The molecule has 128 valence electrons. The van der Waals surface area contributed by atoms with Gasteiger partial charge in [0.25, 0.3) is 5.91 Å². The first kappa shape index (κ1) is 18.1. The van der Waals surface area contributed by atoms with E-state index in [0.717, 1.165) is 13.1 Å². The van der Waals surface area contributed by atoms with Crippen molar-refractivity contribution in [1.82, 2.24) is 10.2 Å². The smallest absolute Gasteiger partial charge is 0.257 e. The number of halogens is 1. The molecule has 0 saturated carbocycles. The largest absolute Gasteiger partial charge is 0.484 e. The molecule has 1 amide bonds. The molecule has 23 heavy (non-hydrogen) atoms. The first-order valence-corrected chi connectivity index (χ1v) is 8.83. The van der Waals surface area contributed by atoms with Crippen LogP contribution in [-0.4, -0.2) is 43.1 Å². The van der Waals surface area contributed by atoms with Gasteiger partial charge >= 0.3 is 0 Å². The SMILES string of the molecule is CC(C)C(CNC(=O)COc1ccc(Cl)cc1)N1CCCCC1. The van der Waals surface area contributed by atoms with E-state index in [1.165, 1.54) is 19.3 Å². The fourth-order valence-corrected chi connectivity index (χ4v) is 3.11. The fourth-order valence-electron chi connectivity index (χ4n) is 2.99. The van der Waals surface area contributed by atoms with Crippen molar-refractivity contribution in [1.29, 1.82) is 0 Å². The van der Waals surface area contributed by atoms with Crippen LogP contribution in [0.15, 0.2) is 24.3 Å². The second kappa shape index (κ2) is 9.14. The highest BCUT2D eigenvalue weighted by Gasteiger charge is 2.23. The van der Waals surface area contributed by atoms with Gasteiger partial charge in [-0.05, 0) is 56.1 Å². The van der Waals surface area contributed by atoms with Crippen molar-refractivity contribution < 1.29 is 9.53 Å². The number of nitrogens with zero attached hydrogens (tertiary/aromatic N) is 1. The molecule has 1 atom stereocenters. The molecule has 1 aromatic carbocycles. The lowest BCUT2D eigenvalue weighted by atomic mass is 9.99. The summed E-state index contributed by atoms with van der Waals surface area (Å²) in [6, 6.07) is 7.43. The minimum Gasteiger partial charge on any atom is -0.484 e. The Labute approximate surface area is 144 Å². The maximum absolute atomic E-state index is 12.0. The van der Waals surface area contributed by atoms with Crippen molar-refractivity contribution in [2.45, 2.75) is 39.2 Å². The third-order valence-corrected chi connectivity index (χ3v) is 4.57. The van der Waals surface area contributed by atoms with Gasteiger partial charge in [0.05, 0.1) is 0 Å². The van der Waals surface area contributed by atoms with Crippen LogP contribution in [0.3, 0.4) is 0 Å². The molecule has 4 nitrogen and oxygen atoms in total. The van der Waals surface area contributed by atoms with Crippen molar-refractivity contribution in [3.63, 3.8) is 0 Å². The normalized spacial score (nSPS) is 17.0. The number of piperidine rings is 1. The highest BCUT2D eigenvalue weighted by molar-refractivity contribution is 6.30. The fraction of sp³-hybridized carbons (Fsp3) is 0.611. The van der Waals surface area contributed by atoms with Gasteiger partial charge in [-0.2, -0.15) is 0 Å². The van der Waals surface area contributed by atoms with Crippen molar-refractivity contribution in [3.8, 4) is 5.75 Å². The average Bonchev–Trinajstić information content (AvgIpc) is 2.55. The van der Waals surface area contributed by atoms with Gasteiger partial charge in [-0.25, -0.2) is 0 Å². The predicted molar refractivity (Wildman–Crippen MR) is 94.0 cm³/mol.